The van der Waals surface area contributed by atoms with Crippen molar-refractivity contribution in [2.75, 3.05) is 20.3 Å². The van der Waals surface area contributed by atoms with E-state index in [-0.39, 0.29) is 5.97 Å². The van der Waals surface area contributed by atoms with Gasteiger partial charge in [0.05, 0.1) is 13.7 Å². The van der Waals surface area contributed by atoms with Crippen LogP contribution in [0.4, 0.5) is 0 Å². The van der Waals surface area contributed by atoms with Crippen molar-refractivity contribution in [1.29, 1.82) is 0 Å². The zero-order valence-electron chi connectivity index (χ0n) is 12.1. The first kappa shape index (κ1) is 14.9. The molecular formula is C16H23NO3. The molecule has 1 unspecified atom stereocenters. The molecule has 110 valence electrons. The van der Waals surface area contributed by atoms with E-state index in [2.05, 4.69) is 12.1 Å². The molecule has 0 heterocycles. The van der Waals surface area contributed by atoms with Crippen molar-refractivity contribution in [1.82, 2.24) is 0 Å². The third-order valence-electron chi connectivity index (χ3n) is 3.81. The Hall–Kier alpha value is -1.55. The van der Waals surface area contributed by atoms with Gasteiger partial charge in [0.1, 0.15) is 5.75 Å². The second-order valence-corrected chi connectivity index (χ2v) is 5.31. The lowest BCUT2D eigenvalue weighted by Crippen LogP contribution is -2.18. The summed E-state index contributed by atoms with van der Waals surface area (Å²) in [6.45, 7) is 1.32. The third-order valence-corrected chi connectivity index (χ3v) is 3.81. The van der Waals surface area contributed by atoms with Crippen LogP contribution in [-0.2, 0) is 22.4 Å². The number of carbonyl (C=O) groups is 1. The summed E-state index contributed by atoms with van der Waals surface area (Å²) in [6.07, 6.45) is 4.38. The van der Waals surface area contributed by atoms with Gasteiger partial charge in [-0.25, -0.2) is 0 Å². The average Bonchev–Trinajstić information content (AvgIpc) is 2.47. The number of carbonyl (C=O) groups excluding carboxylic acids is 1. The molecule has 0 spiro atoms. The minimum absolute atomic E-state index is 0.111. The van der Waals surface area contributed by atoms with E-state index in [0.717, 1.165) is 31.4 Å². The van der Waals surface area contributed by atoms with E-state index in [1.807, 2.05) is 6.07 Å². The van der Waals surface area contributed by atoms with E-state index in [9.17, 15) is 4.79 Å². The number of rotatable bonds is 6. The molecule has 0 amide bonds. The molecular weight excluding hydrogens is 254 g/mol. The maximum atomic E-state index is 11.3. The molecule has 1 aromatic carbocycles. The monoisotopic (exact) mass is 277 g/mol. The molecule has 0 radical (unpaired) electrons. The Morgan fingerprint density at radius 3 is 3.00 bits per heavy atom. The Balaban J connectivity index is 1.94. The second kappa shape index (κ2) is 7.29. The number of fused-ring (bicyclic) bond motifs is 1. The first-order chi connectivity index (χ1) is 9.72. The Morgan fingerprint density at radius 2 is 2.25 bits per heavy atom. The zero-order chi connectivity index (χ0) is 14.4. The van der Waals surface area contributed by atoms with E-state index >= 15 is 0 Å². The van der Waals surface area contributed by atoms with Crippen molar-refractivity contribution < 1.29 is 14.3 Å². The number of esters is 1. The van der Waals surface area contributed by atoms with E-state index in [1.54, 1.807) is 0 Å². The average molecular weight is 277 g/mol. The Morgan fingerprint density at radius 1 is 1.40 bits per heavy atom. The standard InChI is InChI=1S/C16H23NO3/c1-19-16(18)10-12-3-4-14-11-15(20-8-2-7-17)6-5-13(14)9-12/h5-6,11-12H,2-4,7-10,17H2,1H3. The molecule has 2 rings (SSSR count). The van der Waals surface area contributed by atoms with Crippen LogP contribution in [0.3, 0.4) is 0 Å². The number of hydrogen-bond donors (Lipinski definition) is 1. The highest BCUT2D eigenvalue weighted by molar-refractivity contribution is 5.69. The van der Waals surface area contributed by atoms with Gasteiger partial charge in [0.15, 0.2) is 0 Å². The first-order valence-corrected chi connectivity index (χ1v) is 7.24. The summed E-state index contributed by atoms with van der Waals surface area (Å²) in [7, 11) is 1.45. The lowest BCUT2D eigenvalue weighted by atomic mass is 9.82. The fraction of sp³-hybridized carbons (Fsp3) is 0.562. The van der Waals surface area contributed by atoms with Gasteiger partial charge in [-0.2, -0.15) is 0 Å². The molecule has 1 aliphatic rings. The highest BCUT2D eigenvalue weighted by Gasteiger charge is 2.21. The van der Waals surface area contributed by atoms with Gasteiger partial charge in [0.25, 0.3) is 0 Å². The van der Waals surface area contributed by atoms with Crippen molar-refractivity contribution in [3.8, 4) is 5.75 Å². The molecule has 0 aromatic heterocycles. The summed E-state index contributed by atoms with van der Waals surface area (Å²) in [5.74, 6) is 1.21. The predicted octanol–water partition coefficient (Wildman–Crippen LogP) is 2.08. The number of methoxy groups -OCH3 is 1. The maximum Gasteiger partial charge on any atom is 0.305 e. The van der Waals surface area contributed by atoms with E-state index in [1.165, 1.54) is 18.2 Å². The zero-order valence-corrected chi connectivity index (χ0v) is 12.1. The molecule has 1 aliphatic carbocycles. The van der Waals surface area contributed by atoms with Crippen LogP contribution in [0.1, 0.15) is 30.4 Å². The molecule has 0 aliphatic heterocycles. The number of hydrogen-bond acceptors (Lipinski definition) is 4. The fourth-order valence-electron chi connectivity index (χ4n) is 2.66. The lowest BCUT2D eigenvalue weighted by molar-refractivity contribution is -0.141. The summed E-state index contributed by atoms with van der Waals surface area (Å²) < 4.78 is 10.4. The van der Waals surface area contributed by atoms with Crippen molar-refractivity contribution in [2.45, 2.75) is 32.1 Å². The molecule has 2 N–H and O–H groups in total. The normalized spacial score (nSPS) is 17.4. The summed E-state index contributed by atoms with van der Waals surface area (Å²) in [4.78, 5) is 11.3. The van der Waals surface area contributed by atoms with Gasteiger partial charge in [-0.3, -0.25) is 4.79 Å². The van der Waals surface area contributed by atoms with Crippen LogP contribution in [0.2, 0.25) is 0 Å². The van der Waals surface area contributed by atoms with Crippen molar-refractivity contribution >= 4 is 5.97 Å². The van der Waals surface area contributed by atoms with Crippen molar-refractivity contribution in [3.05, 3.63) is 29.3 Å². The number of nitrogens with two attached hydrogens (primary N) is 1. The maximum absolute atomic E-state index is 11.3. The first-order valence-electron chi connectivity index (χ1n) is 7.24. The number of benzene rings is 1. The molecule has 4 heteroatoms. The summed E-state index contributed by atoms with van der Waals surface area (Å²) in [6, 6.07) is 6.26. The van der Waals surface area contributed by atoms with Crippen LogP contribution in [0.25, 0.3) is 0 Å². The molecule has 0 fully saturated rings. The smallest absolute Gasteiger partial charge is 0.305 e. The third kappa shape index (κ3) is 3.97. The van der Waals surface area contributed by atoms with Crippen LogP contribution < -0.4 is 10.5 Å². The van der Waals surface area contributed by atoms with E-state index in [0.29, 0.717) is 25.5 Å². The van der Waals surface area contributed by atoms with Crippen LogP contribution in [-0.4, -0.2) is 26.2 Å². The van der Waals surface area contributed by atoms with E-state index < -0.39 is 0 Å². The minimum atomic E-state index is -0.111. The van der Waals surface area contributed by atoms with Crippen LogP contribution in [0.15, 0.2) is 18.2 Å². The molecule has 0 saturated heterocycles. The summed E-state index contributed by atoms with van der Waals surface area (Å²) in [5, 5.41) is 0. The van der Waals surface area contributed by atoms with Gasteiger partial charge < -0.3 is 15.2 Å². The topological polar surface area (TPSA) is 61.5 Å². The van der Waals surface area contributed by atoms with E-state index in [4.69, 9.17) is 15.2 Å². The Kier molecular flexibility index (Phi) is 5.41. The SMILES string of the molecule is COC(=O)CC1CCc2cc(OCCCN)ccc2C1. The van der Waals surface area contributed by atoms with Gasteiger partial charge in [-0.05, 0) is 61.4 Å². The van der Waals surface area contributed by atoms with Gasteiger partial charge >= 0.3 is 5.97 Å². The fourth-order valence-corrected chi connectivity index (χ4v) is 2.66. The van der Waals surface area contributed by atoms with Crippen molar-refractivity contribution in [3.63, 3.8) is 0 Å². The van der Waals surface area contributed by atoms with Gasteiger partial charge in [0.2, 0.25) is 0 Å². The molecule has 4 nitrogen and oxygen atoms in total. The highest BCUT2D eigenvalue weighted by Crippen LogP contribution is 2.30. The molecule has 1 atom stereocenters. The Bertz CT molecular complexity index is 459. The number of ether oxygens (including phenoxy) is 2. The van der Waals surface area contributed by atoms with Crippen LogP contribution >= 0.6 is 0 Å². The minimum Gasteiger partial charge on any atom is -0.494 e. The highest BCUT2D eigenvalue weighted by atomic mass is 16.5. The Labute approximate surface area is 120 Å². The summed E-state index contributed by atoms with van der Waals surface area (Å²) >= 11 is 0. The summed E-state index contributed by atoms with van der Waals surface area (Å²) in [5.41, 5.74) is 8.13. The molecule has 0 saturated carbocycles. The molecule has 0 bridgehead atoms. The van der Waals surface area contributed by atoms with Gasteiger partial charge in [-0.15, -0.1) is 0 Å². The second-order valence-electron chi connectivity index (χ2n) is 5.31. The molecule has 20 heavy (non-hydrogen) atoms. The predicted molar refractivity (Wildman–Crippen MR) is 77.8 cm³/mol. The molecule has 1 aromatic rings. The van der Waals surface area contributed by atoms with Crippen molar-refractivity contribution in [2.24, 2.45) is 11.7 Å². The quantitative estimate of drug-likeness (QED) is 0.639. The largest absolute Gasteiger partial charge is 0.494 e. The van der Waals surface area contributed by atoms with Gasteiger partial charge in [-0.1, -0.05) is 6.07 Å². The van der Waals surface area contributed by atoms with Gasteiger partial charge in [0, 0.05) is 6.42 Å². The van der Waals surface area contributed by atoms with Crippen LogP contribution in [0.5, 0.6) is 5.75 Å². The number of aryl methyl sites for hydroxylation is 1. The van der Waals surface area contributed by atoms with Crippen LogP contribution in [0, 0.1) is 5.92 Å². The lowest BCUT2D eigenvalue weighted by Gasteiger charge is -2.24.